The molecule has 3 aromatic rings. The Kier molecular flexibility index (Phi) is 7.61. The maximum absolute atomic E-state index is 11.2. The van der Waals surface area contributed by atoms with Crippen LogP contribution in [0.2, 0.25) is 13.1 Å². The lowest BCUT2D eigenvalue weighted by molar-refractivity contribution is 0.0872. The fourth-order valence-electron chi connectivity index (χ4n) is 5.03. The molecule has 1 N–H and O–H groups in total. The van der Waals surface area contributed by atoms with Crippen LogP contribution in [0.25, 0.3) is 22.1 Å². The number of carbonyl (C=O) groups is 1. The van der Waals surface area contributed by atoms with Gasteiger partial charge in [-0.25, -0.2) is 4.79 Å². The van der Waals surface area contributed by atoms with E-state index in [2.05, 4.69) is 56.1 Å². The smallest absolute Gasteiger partial charge is 0.407 e. The van der Waals surface area contributed by atoms with E-state index in [0.717, 1.165) is 59.0 Å². The molecule has 2 aromatic heterocycles. The number of nitrogens with zero attached hydrogens (tertiary/aromatic N) is 3. The van der Waals surface area contributed by atoms with E-state index >= 15 is 0 Å². The van der Waals surface area contributed by atoms with Gasteiger partial charge in [-0.3, -0.25) is 4.98 Å². The molecular weight excluding hydrogens is 458 g/mol. The van der Waals surface area contributed by atoms with E-state index < -0.39 is 15.1 Å². The third-order valence-corrected chi connectivity index (χ3v) is 7.69. The number of likely N-dealkylation sites (tertiary alicyclic amines) is 1. The van der Waals surface area contributed by atoms with Gasteiger partial charge in [-0.15, -0.1) is 0 Å². The standard InChI is InChI=1S/C27H37N3O4Si/c1-27(2,3)25(34-35(4)5)23-20(19-10-14-28-15-11-19)7-8-21-22(29-33-24(21)23)9-6-18-12-16-30(17-13-18)26(31)32/h7-8,10-11,14-15,18,25,35H,6,9,12-13,16-17H2,1-5H3,(H,31,32). The monoisotopic (exact) mass is 495 g/mol. The van der Waals surface area contributed by atoms with Crippen molar-refractivity contribution in [3.05, 3.63) is 47.9 Å². The minimum Gasteiger partial charge on any atom is -0.465 e. The first-order valence-corrected chi connectivity index (χ1v) is 15.4. The number of benzene rings is 1. The number of amides is 1. The second kappa shape index (κ2) is 10.5. The summed E-state index contributed by atoms with van der Waals surface area (Å²) in [5.74, 6) is 0.505. The summed E-state index contributed by atoms with van der Waals surface area (Å²) in [6.07, 6.45) is 6.29. The third kappa shape index (κ3) is 5.75. The molecule has 35 heavy (non-hydrogen) atoms. The quantitative estimate of drug-likeness (QED) is 0.387. The molecule has 3 heterocycles. The highest BCUT2D eigenvalue weighted by molar-refractivity contribution is 6.48. The van der Waals surface area contributed by atoms with E-state index in [1.807, 2.05) is 24.5 Å². The predicted octanol–water partition coefficient (Wildman–Crippen LogP) is 6.30. The average molecular weight is 496 g/mol. The van der Waals surface area contributed by atoms with Crippen molar-refractivity contribution in [1.29, 1.82) is 0 Å². The number of carboxylic acid groups (broad SMARTS) is 1. The van der Waals surface area contributed by atoms with Gasteiger partial charge in [-0.2, -0.15) is 0 Å². The topological polar surface area (TPSA) is 88.7 Å². The zero-order chi connectivity index (χ0) is 25.2. The van der Waals surface area contributed by atoms with Crippen LogP contribution < -0.4 is 0 Å². The molecule has 8 heteroatoms. The van der Waals surface area contributed by atoms with Crippen molar-refractivity contribution in [1.82, 2.24) is 15.0 Å². The van der Waals surface area contributed by atoms with E-state index in [0.29, 0.717) is 19.0 Å². The van der Waals surface area contributed by atoms with Crippen molar-refractivity contribution in [3.8, 4) is 11.1 Å². The van der Waals surface area contributed by atoms with Crippen LogP contribution in [0.1, 0.15) is 57.4 Å². The first-order chi connectivity index (χ1) is 16.6. The molecule has 0 aliphatic carbocycles. The summed E-state index contributed by atoms with van der Waals surface area (Å²) in [6.45, 7) is 12.3. The molecule has 7 nitrogen and oxygen atoms in total. The maximum Gasteiger partial charge on any atom is 0.407 e. The molecule has 1 unspecified atom stereocenters. The number of aromatic nitrogens is 2. The summed E-state index contributed by atoms with van der Waals surface area (Å²) in [5, 5.41) is 14.8. The lowest BCUT2D eigenvalue weighted by Crippen LogP contribution is -2.37. The number of hydrogen-bond donors (Lipinski definition) is 1. The molecule has 1 fully saturated rings. The van der Waals surface area contributed by atoms with Crippen LogP contribution in [-0.4, -0.2) is 48.4 Å². The Morgan fingerprint density at radius 2 is 1.89 bits per heavy atom. The first kappa shape index (κ1) is 25.4. The van der Waals surface area contributed by atoms with E-state index in [1.165, 1.54) is 4.90 Å². The van der Waals surface area contributed by atoms with Gasteiger partial charge in [0, 0.05) is 36.4 Å². The van der Waals surface area contributed by atoms with Gasteiger partial charge in [0.05, 0.1) is 11.8 Å². The van der Waals surface area contributed by atoms with Gasteiger partial charge >= 0.3 is 6.09 Å². The summed E-state index contributed by atoms with van der Waals surface area (Å²) in [7, 11) is -1.35. The molecular formula is C27H37N3O4Si. The molecule has 0 radical (unpaired) electrons. The summed E-state index contributed by atoms with van der Waals surface area (Å²) < 4.78 is 12.7. The molecule has 1 atom stereocenters. The highest BCUT2D eigenvalue weighted by atomic mass is 28.3. The fraction of sp³-hybridized carbons (Fsp3) is 0.519. The number of rotatable bonds is 7. The van der Waals surface area contributed by atoms with Crippen molar-refractivity contribution < 1.29 is 18.9 Å². The van der Waals surface area contributed by atoms with Crippen LogP contribution in [-0.2, 0) is 10.8 Å². The Bertz CT molecular complexity index is 1150. The minimum atomic E-state index is -1.35. The van der Waals surface area contributed by atoms with E-state index in [9.17, 15) is 9.90 Å². The Labute approximate surface area is 209 Å². The van der Waals surface area contributed by atoms with Gasteiger partial charge in [-0.1, -0.05) is 32.0 Å². The van der Waals surface area contributed by atoms with E-state index in [4.69, 9.17) is 8.95 Å². The minimum absolute atomic E-state index is 0.123. The number of fused-ring (bicyclic) bond motifs is 1. The molecule has 0 spiro atoms. The Morgan fingerprint density at radius 3 is 2.49 bits per heavy atom. The van der Waals surface area contributed by atoms with Crippen LogP contribution in [0.5, 0.6) is 0 Å². The molecule has 1 amide bonds. The summed E-state index contributed by atoms with van der Waals surface area (Å²) >= 11 is 0. The van der Waals surface area contributed by atoms with Gasteiger partial charge in [0.2, 0.25) is 0 Å². The zero-order valence-corrected chi connectivity index (χ0v) is 22.6. The normalized spacial score (nSPS) is 16.2. The summed E-state index contributed by atoms with van der Waals surface area (Å²) in [5.41, 5.74) is 4.90. The van der Waals surface area contributed by atoms with Crippen molar-refractivity contribution in [2.45, 2.75) is 65.7 Å². The second-order valence-electron chi connectivity index (χ2n) is 11.0. The number of piperidine rings is 1. The lowest BCUT2D eigenvalue weighted by Gasteiger charge is -2.34. The largest absolute Gasteiger partial charge is 0.465 e. The second-order valence-corrected chi connectivity index (χ2v) is 13.3. The molecule has 188 valence electrons. The molecule has 1 aliphatic rings. The zero-order valence-electron chi connectivity index (χ0n) is 21.5. The number of pyridine rings is 1. The highest BCUT2D eigenvalue weighted by Gasteiger charge is 2.34. The Hall–Kier alpha value is -2.71. The number of hydrogen-bond acceptors (Lipinski definition) is 5. The molecule has 1 aliphatic heterocycles. The van der Waals surface area contributed by atoms with Crippen molar-refractivity contribution in [2.75, 3.05) is 13.1 Å². The van der Waals surface area contributed by atoms with E-state index in [1.54, 1.807) is 0 Å². The summed E-state index contributed by atoms with van der Waals surface area (Å²) in [6, 6.07) is 8.35. The van der Waals surface area contributed by atoms with Gasteiger partial charge in [0.1, 0.15) is 0 Å². The third-order valence-electron chi connectivity index (χ3n) is 6.88. The molecule has 0 bridgehead atoms. The van der Waals surface area contributed by atoms with Crippen LogP contribution in [0.15, 0.2) is 41.2 Å². The lowest BCUT2D eigenvalue weighted by atomic mass is 9.81. The van der Waals surface area contributed by atoms with Gasteiger partial charge in [0.25, 0.3) is 0 Å². The first-order valence-electron chi connectivity index (χ1n) is 12.6. The van der Waals surface area contributed by atoms with Crippen LogP contribution in [0.3, 0.4) is 0 Å². The van der Waals surface area contributed by atoms with Crippen LogP contribution in [0, 0.1) is 11.3 Å². The van der Waals surface area contributed by atoms with Gasteiger partial charge in [0.15, 0.2) is 14.6 Å². The average Bonchev–Trinajstić information content (AvgIpc) is 3.24. The SMILES string of the molecule is C[SiH](C)OC(c1c(-c2ccncc2)ccc2c(CCC3CCN(C(=O)O)CC3)noc12)C(C)(C)C. The fourth-order valence-corrected chi connectivity index (χ4v) is 6.12. The van der Waals surface area contributed by atoms with Gasteiger partial charge in [-0.05, 0) is 79.4 Å². The molecule has 1 saturated heterocycles. The number of aryl methyl sites for hydroxylation is 1. The molecule has 4 rings (SSSR count). The van der Waals surface area contributed by atoms with E-state index in [-0.39, 0.29) is 11.5 Å². The Balaban J connectivity index is 1.68. The van der Waals surface area contributed by atoms with Crippen LogP contribution in [0.4, 0.5) is 4.79 Å². The summed E-state index contributed by atoms with van der Waals surface area (Å²) in [4.78, 5) is 16.9. The van der Waals surface area contributed by atoms with Crippen molar-refractivity contribution >= 4 is 26.1 Å². The predicted molar refractivity (Wildman–Crippen MR) is 140 cm³/mol. The van der Waals surface area contributed by atoms with Crippen molar-refractivity contribution in [2.24, 2.45) is 11.3 Å². The highest BCUT2D eigenvalue weighted by Crippen LogP contribution is 2.45. The van der Waals surface area contributed by atoms with Crippen molar-refractivity contribution in [3.63, 3.8) is 0 Å². The van der Waals surface area contributed by atoms with Crippen LogP contribution >= 0.6 is 0 Å². The van der Waals surface area contributed by atoms with Gasteiger partial charge < -0.3 is 19.0 Å². The Morgan fingerprint density at radius 1 is 1.20 bits per heavy atom. The maximum atomic E-state index is 11.2. The molecule has 0 saturated carbocycles. The molecule has 1 aromatic carbocycles.